The van der Waals surface area contributed by atoms with Crippen LogP contribution >= 0.6 is 0 Å². The second kappa shape index (κ2) is 4.58. The molecule has 3 nitrogen and oxygen atoms in total. The molecule has 2 atom stereocenters. The van der Waals surface area contributed by atoms with Crippen molar-refractivity contribution in [1.82, 2.24) is 4.90 Å². The van der Waals surface area contributed by atoms with E-state index in [9.17, 15) is 13.9 Å². The van der Waals surface area contributed by atoms with Crippen LogP contribution in [0.25, 0.3) is 0 Å². The molecule has 94 valence electrons. The molecule has 1 aromatic rings. The van der Waals surface area contributed by atoms with E-state index in [1.54, 1.807) is 0 Å². The van der Waals surface area contributed by atoms with E-state index in [1.807, 2.05) is 11.9 Å². The number of nitrogens with zero attached hydrogens (tertiary/aromatic N) is 1. The van der Waals surface area contributed by atoms with Crippen LogP contribution in [0.2, 0.25) is 0 Å². The van der Waals surface area contributed by atoms with Gasteiger partial charge in [0.05, 0.1) is 0 Å². The molecule has 3 N–H and O–H groups in total. The van der Waals surface area contributed by atoms with Crippen LogP contribution in [0.5, 0.6) is 5.75 Å². The largest absolute Gasteiger partial charge is 0.505 e. The van der Waals surface area contributed by atoms with Crippen molar-refractivity contribution in [2.24, 2.45) is 11.7 Å². The summed E-state index contributed by atoms with van der Waals surface area (Å²) in [6, 6.07) is 1.71. The predicted octanol–water partition coefficient (Wildman–Crippen LogP) is 1.62. The lowest BCUT2D eigenvalue weighted by Gasteiger charge is -2.20. The number of hydrogen-bond acceptors (Lipinski definition) is 3. The Morgan fingerprint density at radius 3 is 2.76 bits per heavy atom. The summed E-state index contributed by atoms with van der Waals surface area (Å²) in [4.78, 5) is 1.96. The van der Waals surface area contributed by atoms with Gasteiger partial charge in [-0.1, -0.05) is 0 Å². The minimum Gasteiger partial charge on any atom is -0.505 e. The van der Waals surface area contributed by atoms with Crippen LogP contribution in [-0.4, -0.2) is 30.1 Å². The molecule has 0 saturated carbocycles. The van der Waals surface area contributed by atoms with Crippen LogP contribution in [0.3, 0.4) is 0 Å². The molecule has 1 aromatic carbocycles. The standard InChI is InChI=1S/C12H16F2N2O/c1-16-6-7(5-15)2-11(16)9-3-8(13)4-10(14)12(9)17/h3-4,7,11,17H,2,5-6,15H2,1H3. The van der Waals surface area contributed by atoms with E-state index >= 15 is 0 Å². The monoisotopic (exact) mass is 242 g/mol. The Morgan fingerprint density at radius 1 is 1.47 bits per heavy atom. The summed E-state index contributed by atoms with van der Waals surface area (Å²) in [6.45, 7) is 1.32. The average Bonchev–Trinajstić information content (AvgIpc) is 2.65. The van der Waals surface area contributed by atoms with Crippen molar-refractivity contribution in [3.8, 4) is 5.75 Å². The van der Waals surface area contributed by atoms with Crippen LogP contribution in [0.15, 0.2) is 12.1 Å². The molecule has 5 heteroatoms. The Bertz CT molecular complexity index is 425. The number of benzene rings is 1. The van der Waals surface area contributed by atoms with Gasteiger partial charge in [0.1, 0.15) is 5.82 Å². The predicted molar refractivity (Wildman–Crippen MR) is 60.6 cm³/mol. The normalized spacial score (nSPS) is 25.4. The van der Waals surface area contributed by atoms with E-state index in [1.165, 1.54) is 6.07 Å². The van der Waals surface area contributed by atoms with Gasteiger partial charge in [-0.05, 0) is 32.0 Å². The quantitative estimate of drug-likeness (QED) is 0.828. The number of likely N-dealkylation sites (tertiary alicyclic amines) is 1. The lowest BCUT2D eigenvalue weighted by atomic mass is 9.99. The van der Waals surface area contributed by atoms with E-state index in [0.29, 0.717) is 30.5 Å². The van der Waals surface area contributed by atoms with Gasteiger partial charge in [0, 0.05) is 24.2 Å². The van der Waals surface area contributed by atoms with Crippen LogP contribution in [-0.2, 0) is 0 Å². The SMILES string of the molecule is CN1CC(CN)CC1c1cc(F)cc(F)c1O. The molecule has 1 aliphatic heterocycles. The minimum atomic E-state index is -0.912. The van der Waals surface area contributed by atoms with Crippen molar-refractivity contribution >= 4 is 0 Å². The van der Waals surface area contributed by atoms with Crippen molar-refractivity contribution in [2.45, 2.75) is 12.5 Å². The number of halogens is 2. The maximum Gasteiger partial charge on any atom is 0.168 e. The van der Waals surface area contributed by atoms with Crippen LogP contribution < -0.4 is 5.73 Å². The van der Waals surface area contributed by atoms with E-state index < -0.39 is 17.4 Å². The van der Waals surface area contributed by atoms with Gasteiger partial charge in [-0.25, -0.2) is 8.78 Å². The van der Waals surface area contributed by atoms with E-state index in [-0.39, 0.29) is 6.04 Å². The molecule has 0 aliphatic carbocycles. The fraction of sp³-hybridized carbons (Fsp3) is 0.500. The Balaban J connectivity index is 2.34. The van der Waals surface area contributed by atoms with Crippen molar-refractivity contribution < 1.29 is 13.9 Å². The Hall–Kier alpha value is -1.20. The molecule has 1 aliphatic rings. The van der Waals surface area contributed by atoms with Gasteiger partial charge in [-0.3, -0.25) is 4.90 Å². The third-order valence-electron chi connectivity index (χ3n) is 3.38. The highest BCUT2D eigenvalue weighted by Crippen LogP contribution is 2.39. The average molecular weight is 242 g/mol. The van der Waals surface area contributed by atoms with Crippen LogP contribution in [0.4, 0.5) is 8.78 Å². The van der Waals surface area contributed by atoms with Gasteiger partial charge < -0.3 is 10.8 Å². The molecule has 1 heterocycles. The van der Waals surface area contributed by atoms with Gasteiger partial charge in [0.2, 0.25) is 0 Å². The second-order valence-corrected chi connectivity index (χ2v) is 4.62. The maximum atomic E-state index is 13.3. The zero-order valence-electron chi connectivity index (χ0n) is 9.66. The third-order valence-corrected chi connectivity index (χ3v) is 3.38. The third kappa shape index (κ3) is 2.25. The number of rotatable bonds is 2. The highest BCUT2D eigenvalue weighted by molar-refractivity contribution is 5.37. The van der Waals surface area contributed by atoms with Gasteiger partial charge in [0.25, 0.3) is 0 Å². The van der Waals surface area contributed by atoms with E-state index in [2.05, 4.69) is 0 Å². The number of phenols is 1. The zero-order valence-corrected chi connectivity index (χ0v) is 9.66. The molecule has 0 radical (unpaired) electrons. The molecular formula is C12H16F2N2O. The fourth-order valence-corrected chi connectivity index (χ4v) is 2.48. The maximum absolute atomic E-state index is 13.3. The molecule has 17 heavy (non-hydrogen) atoms. The summed E-state index contributed by atoms with van der Waals surface area (Å²) in [7, 11) is 1.86. The summed E-state index contributed by atoms with van der Waals surface area (Å²) in [5.41, 5.74) is 5.90. The summed E-state index contributed by atoms with van der Waals surface area (Å²) in [5.74, 6) is -1.74. The minimum absolute atomic E-state index is 0.172. The highest BCUT2D eigenvalue weighted by Gasteiger charge is 2.32. The second-order valence-electron chi connectivity index (χ2n) is 4.62. The van der Waals surface area contributed by atoms with Gasteiger partial charge in [0.15, 0.2) is 11.6 Å². The molecule has 0 bridgehead atoms. The number of phenolic OH excluding ortho intramolecular Hbond substituents is 1. The first-order chi connectivity index (χ1) is 8.02. The van der Waals surface area contributed by atoms with Crippen LogP contribution in [0, 0.1) is 17.6 Å². The molecule has 0 amide bonds. The molecule has 0 aromatic heterocycles. The Kier molecular flexibility index (Phi) is 3.31. The number of aromatic hydroxyl groups is 1. The summed E-state index contributed by atoms with van der Waals surface area (Å²) in [5, 5.41) is 9.66. The van der Waals surface area contributed by atoms with E-state index in [4.69, 9.17) is 5.73 Å². The summed E-state index contributed by atoms with van der Waals surface area (Å²) in [6.07, 6.45) is 0.712. The smallest absolute Gasteiger partial charge is 0.168 e. The molecule has 2 rings (SSSR count). The van der Waals surface area contributed by atoms with E-state index in [0.717, 1.165) is 6.54 Å². The van der Waals surface area contributed by atoms with Crippen molar-refractivity contribution in [3.63, 3.8) is 0 Å². The molecule has 1 fully saturated rings. The highest BCUT2D eigenvalue weighted by atomic mass is 19.1. The lowest BCUT2D eigenvalue weighted by Crippen LogP contribution is -2.20. The van der Waals surface area contributed by atoms with Gasteiger partial charge >= 0.3 is 0 Å². The topological polar surface area (TPSA) is 49.5 Å². The fourth-order valence-electron chi connectivity index (χ4n) is 2.48. The summed E-state index contributed by atoms with van der Waals surface area (Å²) >= 11 is 0. The Labute approximate surface area is 98.8 Å². The lowest BCUT2D eigenvalue weighted by molar-refractivity contribution is 0.301. The van der Waals surface area contributed by atoms with Crippen molar-refractivity contribution in [2.75, 3.05) is 20.1 Å². The molecule has 2 unspecified atom stereocenters. The molecule has 0 spiro atoms. The van der Waals surface area contributed by atoms with Crippen LogP contribution in [0.1, 0.15) is 18.0 Å². The first-order valence-corrected chi connectivity index (χ1v) is 5.61. The molecule has 1 saturated heterocycles. The zero-order chi connectivity index (χ0) is 12.6. The van der Waals surface area contributed by atoms with Crippen molar-refractivity contribution in [3.05, 3.63) is 29.3 Å². The molecular weight excluding hydrogens is 226 g/mol. The van der Waals surface area contributed by atoms with Crippen molar-refractivity contribution in [1.29, 1.82) is 0 Å². The van der Waals surface area contributed by atoms with Gasteiger partial charge in [-0.2, -0.15) is 0 Å². The first kappa shape index (κ1) is 12.3. The number of nitrogens with two attached hydrogens (primary N) is 1. The number of hydrogen-bond donors (Lipinski definition) is 2. The van der Waals surface area contributed by atoms with Gasteiger partial charge in [-0.15, -0.1) is 0 Å². The first-order valence-electron chi connectivity index (χ1n) is 5.61. The Morgan fingerprint density at radius 2 is 2.18 bits per heavy atom. The summed E-state index contributed by atoms with van der Waals surface area (Å²) < 4.78 is 26.4.